The number of nitrogens with zero attached hydrogens (tertiary/aromatic N) is 2. The number of benzene rings is 1. The Hall–Kier alpha value is -0.980. The summed E-state index contributed by atoms with van der Waals surface area (Å²) >= 11 is 2.73. The minimum atomic E-state index is -0.211. The molecule has 2 N–H and O–H groups in total. The standard InChI is InChI=1S/C11H12FN3S2/c1-7(13)5-8-9(12)3-2-4-10(8)16-11-14-6-15-17-11/h2-4,6-7H,5,13H2,1H3. The van der Waals surface area contributed by atoms with Gasteiger partial charge in [0.15, 0.2) is 4.34 Å². The van der Waals surface area contributed by atoms with Crippen LogP contribution < -0.4 is 5.73 Å². The Balaban J connectivity index is 2.29. The Kier molecular flexibility index (Phi) is 4.09. The van der Waals surface area contributed by atoms with Gasteiger partial charge in [0.1, 0.15) is 12.1 Å². The molecule has 0 spiro atoms. The largest absolute Gasteiger partial charge is 0.328 e. The highest BCUT2D eigenvalue weighted by Gasteiger charge is 2.12. The molecule has 0 aliphatic carbocycles. The van der Waals surface area contributed by atoms with Crippen LogP contribution in [0, 0.1) is 5.82 Å². The number of rotatable bonds is 4. The summed E-state index contributed by atoms with van der Waals surface area (Å²) in [6.45, 7) is 1.87. The van der Waals surface area contributed by atoms with Gasteiger partial charge in [-0.05, 0) is 37.0 Å². The van der Waals surface area contributed by atoms with Crippen LogP contribution in [0.5, 0.6) is 0 Å². The van der Waals surface area contributed by atoms with Crippen molar-refractivity contribution in [1.82, 2.24) is 9.36 Å². The average molecular weight is 269 g/mol. The zero-order chi connectivity index (χ0) is 12.3. The van der Waals surface area contributed by atoms with Crippen LogP contribution in [0.2, 0.25) is 0 Å². The van der Waals surface area contributed by atoms with E-state index in [1.807, 2.05) is 13.0 Å². The lowest BCUT2D eigenvalue weighted by Crippen LogP contribution is -2.19. The van der Waals surface area contributed by atoms with E-state index in [0.717, 1.165) is 9.24 Å². The summed E-state index contributed by atoms with van der Waals surface area (Å²) in [5.74, 6) is -0.211. The van der Waals surface area contributed by atoms with Crippen LogP contribution in [0.25, 0.3) is 0 Å². The Morgan fingerprint density at radius 1 is 1.53 bits per heavy atom. The van der Waals surface area contributed by atoms with Crippen LogP contribution in [-0.2, 0) is 6.42 Å². The van der Waals surface area contributed by atoms with E-state index in [1.165, 1.54) is 35.7 Å². The van der Waals surface area contributed by atoms with Gasteiger partial charge in [-0.2, -0.15) is 4.37 Å². The molecule has 17 heavy (non-hydrogen) atoms. The lowest BCUT2D eigenvalue weighted by atomic mass is 10.1. The first-order valence-corrected chi connectivity index (χ1v) is 6.73. The van der Waals surface area contributed by atoms with Crippen molar-refractivity contribution in [2.45, 2.75) is 28.6 Å². The molecular weight excluding hydrogens is 257 g/mol. The van der Waals surface area contributed by atoms with Crippen molar-refractivity contribution in [3.8, 4) is 0 Å². The van der Waals surface area contributed by atoms with E-state index in [1.54, 1.807) is 6.07 Å². The van der Waals surface area contributed by atoms with Gasteiger partial charge in [0.05, 0.1) is 0 Å². The third-order valence-electron chi connectivity index (χ3n) is 2.14. The molecule has 1 unspecified atom stereocenters. The molecular formula is C11H12FN3S2. The van der Waals surface area contributed by atoms with E-state index < -0.39 is 0 Å². The van der Waals surface area contributed by atoms with Gasteiger partial charge in [-0.3, -0.25) is 0 Å². The predicted molar refractivity (Wildman–Crippen MR) is 67.8 cm³/mol. The normalized spacial score (nSPS) is 12.6. The molecule has 90 valence electrons. The lowest BCUT2D eigenvalue weighted by Gasteiger charge is -2.11. The van der Waals surface area contributed by atoms with E-state index in [0.29, 0.717) is 12.0 Å². The van der Waals surface area contributed by atoms with E-state index in [2.05, 4.69) is 9.36 Å². The Bertz CT molecular complexity index is 485. The van der Waals surface area contributed by atoms with Crippen molar-refractivity contribution in [3.05, 3.63) is 35.9 Å². The zero-order valence-corrected chi connectivity index (χ0v) is 10.9. The van der Waals surface area contributed by atoms with Crippen molar-refractivity contribution >= 4 is 23.3 Å². The molecule has 6 heteroatoms. The highest BCUT2D eigenvalue weighted by atomic mass is 32.2. The molecule has 1 aromatic heterocycles. The minimum Gasteiger partial charge on any atom is -0.328 e. The summed E-state index contributed by atoms with van der Waals surface area (Å²) in [6.07, 6.45) is 2.02. The molecule has 2 aromatic rings. The topological polar surface area (TPSA) is 51.8 Å². The average Bonchev–Trinajstić information content (AvgIpc) is 2.75. The van der Waals surface area contributed by atoms with E-state index >= 15 is 0 Å². The van der Waals surface area contributed by atoms with Crippen molar-refractivity contribution in [2.75, 3.05) is 0 Å². The van der Waals surface area contributed by atoms with Crippen molar-refractivity contribution in [2.24, 2.45) is 5.73 Å². The summed E-state index contributed by atoms with van der Waals surface area (Å²) in [7, 11) is 0. The predicted octanol–water partition coefficient (Wildman–Crippen LogP) is 2.72. The maximum Gasteiger partial charge on any atom is 0.174 e. The molecule has 1 atom stereocenters. The number of halogens is 1. The maximum absolute atomic E-state index is 13.7. The third kappa shape index (κ3) is 3.24. The molecule has 0 aliphatic rings. The van der Waals surface area contributed by atoms with Gasteiger partial charge < -0.3 is 5.73 Å². The van der Waals surface area contributed by atoms with Gasteiger partial charge in [0.25, 0.3) is 0 Å². The highest BCUT2D eigenvalue weighted by Crippen LogP contribution is 2.32. The van der Waals surface area contributed by atoms with Crippen LogP contribution in [0.1, 0.15) is 12.5 Å². The van der Waals surface area contributed by atoms with Gasteiger partial charge in [-0.1, -0.05) is 17.8 Å². The van der Waals surface area contributed by atoms with Crippen LogP contribution in [-0.4, -0.2) is 15.4 Å². The second-order valence-electron chi connectivity index (χ2n) is 3.71. The summed E-state index contributed by atoms with van der Waals surface area (Å²) in [5.41, 5.74) is 6.39. The first kappa shape index (κ1) is 12.5. The van der Waals surface area contributed by atoms with Crippen LogP contribution in [0.4, 0.5) is 4.39 Å². The summed E-state index contributed by atoms with van der Waals surface area (Å²) in [4.78, 5) is 4.94. The molecule has 1 aromatic carbocycles. The molecule has 0 aliphatic heterocycles. The molecule has 2 rings (SSSR count). The number of hydrogen-bond donors (Lipinski definition) is 1. The zero-order valence-electron chi connectivity index (χ0n) is 9.26. The first-order valence-electron chi connectivity index (χ1n) is 5.14. The monoisotopic (exact) mass is 269 g/mol. The van der Waals surface area contributed by atoms with Gasteiger partial charge in [0.2, 0.25) is 0 Å². The second-order valence-corrected chi connectivity index (χ2v) is 5.78. The number of aromatic nitrogens is 2. The number of hydrogen-bond acceptors (Lipinski definition) is 5. The van der Waals surface area contributed by atoms with Gasteiger partial charge in [-0.25, -0.2) is 9.37 Å². The van der Waals surface area contributed by atoms with Crippen molar-refractivity contribution < 1.29 is 4.39 Å². The minimum absolute atomic E-state index is 0.0688. The smallest absolute Gasteiger partial charge is 0.174 e. The maximum atomic E-state index is 13.7. The quantitative estimate of drug-likeness (QED) is 0.927. The molecule has 0 fully saturated rings. The van der Waals surface area contributed by atoms with Gasteiger partial charge in [0, 0.05) is 16.5 Å². The van der Waals surface area contributed by atoms with Gasteiger partial charge >= 0.3 is 0 Å². The Labute approximate surface area is 107 Å². The SMILES string of the molecule is CC(N)Cc1c(F)cccc1Sc1ncns1. The Morgan fingerprint density at radius 3 is 3.00 bits per heavy atom. The number of nitrogens with two attached hydrogens (primary N) is 1. The molecule has 1 heterocycles. The van der Waals surface area contributed by atoms with Crippen molar-refractivity contribution in [3.63, 3.8) is 0 Å². The van der Waals surface area contributed by atoms with Crippen molar-refractivity contribution in [1.29, 1.82) is 0 Å². The van der Waals surface area contributed by atoms with Crippen LogP contribution >= 0.6 is 23.3 Å². The highest BCUT2D eigenvalue weighted by molar-refractivity contribution is 8.01. The molecule has 0 amide bonds. The third-order valence-corrected chi connectivity index (χ3v) is 3.96. The fourth-order valence-electron chi connectivity index (χ4n) is 1.46. The fraction of sp³-hybridized carbons (Fsp3) is 0.273. The lowest BCUT2D eigenvalue weighted by molar-refractivity contribution is 0.588. The van der Waals surface area contributed by atoms with Crippen LogP contribution in [0.3, 0.4) is 0 Å². The second kappa shape index (κ2) is 5.57. The molecule has 0 radical (unpaired) electrons. The summed E-state index contributed by atoms with van der Waals surface area (Å²) < 4.78 is 18.5. The van der Waals surface area contributed by atoms with E-state index in [-0.39, 0.29) is 11.9 Å². The van der Waals surface area contributed by atoms with E-state index in [9.17, 15) is 4.39 Å². The van der Waals surface area contributed by atoms with Crippen LogP contribution in [0.15, 0.2) is 33.8 Å². The molecule has 0 saturated carbocycles. The molecule has 0 saturated heterocycles. The summed E-state index contributed by atoms with van der Waals surface area (Å²) in [6, 6.07) is 4.97. The first-order chi connectivity index (χ1) is 8.16. The molecule has 3 nitrogen and oxygen atoms in total. The fourth-order valence-corrected chi connectivity index (χ4v) is 3.02. The van der Waals surface area contributed by atoms with E-state index in [4.69, 9.17) is 5.73 Å². The molecule has 0 bridgehead atoms. The van der Waals surface area contributed by atoms with Gasteiger partial charge in [-0.15, -0.1) is 0 Å². The Morgan fingerprint density at radius 2 is 2.35 bits per heavy atom. The summed E-state index contributed by atoms with van der Waals surface area (Å²) in [5, 5.41) is 0.